The second kappa shape index (κ2) is 3.91. The molecule has 1 unspecified atom stereocenters. The molecule has 0 radical (unpaired) electrons. The van der Waals surface area contributed by atoms with Gasteiger partial charge in [0.2, 0.25) is 0 Å². The van der Waals surface area contributed by atoms with Gasteiger partial charge in [0, 0.05) is 12.0 Å². The summed E-state index contributed by atoms with van der Waals surface area (Å²) in [5.41, 5.74) is 1.77. The first-order chi connectivity index (χ1) is 8.27. The first-order valence-electron chi connectivity index (χ1n) is 6.16. The van der Waals surface area contributed by atoms with Crippen LogP contribution in [0.15, 0.2) is 36.5 Å². The maximum atomic E-state index is 12.3. The summed E-state index contributed by atoms with van der Waals surface area (Å²) in [5, 5.41) is 12.3. The van der Waals surface area contributed by atoms with Gasteiger partial charge in [0.25, 0.3) is 5.82 Å². The molecule has 0 saturated heterocycles. The summed E-state index contributed by atoms with van der Waals surface area (Å²) >= 11 is 0. The van der Waals surface area contributed by atoms with E-state index in [9.17, 15) is 5.21 Å². The van der Waals surface area contributed by atoms with E-state index in [-0.39, 0.29) is 0 Å². The van der Waals surface area contributed by atoms with Crippen molar-refractivity contribution in [1.82, 2.24) is 4.57 Å². The van der Waals surface area contributed by atoms with E-state index in [2.05, 4.69) is 11.5 Å². The van der Waals surface area contributed by atoms with Crippen molar-refractivity contribution in [1.29, 1.82) is 0 Å². The van der Waals surface area contributed by atoms with Crippen LogP contribution in [0.5, 0.6) is 0 Å². The number of aromatic nitrogens is 2. The number of hydrogen-bond acceptors (Lipinski definition) is 1. The topological polar surface area (TPSA) is 31.9 Å². The largest absolute Gasteiger partial charge is 0.710 e. The highest BCUT2D eigenvalue weighted by molar-refractivity contribution is 5.55. The summed E-state index contributed by atoms with van der Waals surface area (Å²) in [6.07, 6.45) is 5.17. The van der Waals surface area contributed by atoms with Crippen molar-refractivity contribution in [3.63, 3.8) is 0 Å². The predicted octanol–water partition coefficient (Wildman–Crippen LogP) is 2.69. The van der Waals surface area contributed by atoms with Gasteiger partial charge < -0.3 is 5.21 Å². The minimum absolute atomic E-state index is 0.441. The highest BCUT2D eigenvalue weighted by Crippen LogP contribution is 2.26. The van der Waals surface area contributed by atoms with Crippen LogP contribution in [-0.2, 0) is 6.42 Å². The zero-order chi connectivity index (χ0) is 11.8. The van der Waals surface area contributed by atoms with E-state index >= 15 is 0 Å². The zero-order valence-electron chi connectivity index (χ0n) is 9.97. The number of rotatable bonds is 1. The highest BCUT2D eigenvalue weighted by Gasteiger charge is 2.27. The molecule has 17 heavy (non-hydrogen) atoms. The molecule has 2 aromatic rings. The summed E-state index contributed by atoms with van der Waals surface area (Å²) in [4.78, 5) is 0. The third-order valence-electron chi connectivity index (χ3n) is 3.58. The molecular formula is C14H16N2O. The monoisotopic (exact) mass is 228 g/mol. The van der Waals surface area contributed by atoms with Gasteiger partial charge in [-0.15, -0.1) is 0 Å². The molecule has 0 fully saturated rings. The molecule has 0 N–H and O–H groups in total. The molecule has 0 spiro atoms. The van der Waals surface area contributed by atoms with Gasteiger partial charge in [-0.25, -0.2) is 9.30 Å². The minimum Gasteiger partial charge on any atom is -0.710 e. The fraction of sp³-hybridized carbons (Fsp3) is 0.357. The average molecular weight is 228 g/mol. The van der Waals surface area contributed by atoms with Crippen LogP contribution < -0.4 is 4.73 Å². The van der Waals surface area contributed by atoms with Gasteiger partial charge in [-0.2, -0.15) is 0 Å². The first kappa shape index (κ1) is 10.4. The zero-order valence-corrected chi connectivity index (χ0v) is 9.97. The van der Waals surface area contributed by atoms with Crippen LogP contribution in [0.25, 0.3) is 11.3 Å². The Balaban J connectivity index is 2.14. The summed E-state index contributed by atoms with van der Waals surface area (Å²) in [6, 6.07) is 10.3. The smallest absolute Gasteiger partial charge is 0.260 e. The molecule has 1 aliphatic rings. The van der Waals surface area contributed by atoms with Crippen molar-refractivity contribution >= 4 is 0 Å². The molecule has 0 bridgehead atoms. The fourth-order valence-corrected chi connectivity index (χ4v) is 2.61. The van der Waals surface area contributed by atoms with Crippen molar-refractivity contribution in [2.75, 3.05) is 0 Å². The molecule has 0 aliphatic carbocycles. The molecule has 0 amide bonds. The van der Waals surface area contributed by atoms with E-state index in [0.29, 0.717) is 6.04 Å². The lowest BCUT2D eigenvalue weighted by atomic mass is 10.1. The van der Waals surface area contributed by atoms with Gasteiger partial charge in [0.1, 0.15) is 6.20 Å². The number of hydrogen-bond donors (Lipinski definition) is 0. The van der Waals surface area contributed by atoms with Crippen molar-refractivity contribution in [2.24, 2.45) is 0 Å². The Bertz CT molecular complexity index is 531. The van der Waals surface area contributed by atoms with Crippen molar-refractivity contribution < 1.29 is 4.73 Å². The Morgan fingerprint density at radius 1 is 1.29 bits per heavy atom. The van der Waals surface area contributed by atoms with Crippen LogP contribution in [0.4, 0.5) is 0 Å². The summed E-state index contributed by atoms with van der Waals surface area (Å²) in [7, 11) is 0. The molecule has 1 aliphatic heterocycles. The summed E-state index contributed by atoms with van der Waals surface area (Å²) in [5.74, 6) is 0.905. The quantitative estimate of drug-likeness (QED) is 0.545. The van der Waals surface area contributed by atoms with Gasteiger partial charge in [-0.1, -0.05) is 30.3 Å². The van der Waals surface area contributed by atoms with E-state index in [4.69, 9.17) is 0 Å². The van der Waals surface area contributed by atoms with Gasteiger partial charge in [0.05, 0.1) is 6.04 Å². The molecule has 3 nitrogen and oxygen atoms in total. The molecule has 88 valence electrons. The molecular weight excluding hydrogens is 212 g/mol. The van der Waals surface area contributed by atoms with Gasteiger partial charge >= 0.3 is 0 Å². The normalized spacial score (nSPS) is 19.0. The molecule has 1 atom stereocenters. The maximum Gasteiger partial charge on any atom is 0.260 e. The standard InChI is InChI=1S/C14H16N2O/c1-11-6-5-9-14-15(11)10-13(16(14)17)12-7-3-2-4-8-12/h2-4,7-8,10-11H,5-6,9H2,1H3. The van der Waals surface area contributed by atoms with Crippen molar-refractivity contribution in [2.45, 2.75) is 32.2 Å². The number of benzene rings is 1. The first-order valence-corrected chi connectivity index (χ1v) is 6.16. The molecule has 2 heterocycles. The summed E-state index contributed by atoms with van der Waals surface area (Å²) in [6.45, 7) is 2.18. The molecule has 3 heteroatoms. The third-order valence-corrected chi connectivity index (χ3v) is 3.58. The van der Waals surface area contributed by atoms with Gasteiger partial charge in [-0.05, 0) is 19.8 Å². The number of nitrogens with zero attached hydrogens (tertiary/aromatic N) is 2. The third kappa shape index (κ3) is 1.62. The molecule has 0 saturated carbocycles. The lowest BCUT2D eigenvalue weighted by Gasteiger charge is -2.16. The second-order valence-electron chi connectivity index (χ2n) is 4.74. The Kier molecular flexibility index (Phi) is 2.39. The van der Waals surface area contributed by atoms with Crippen LogP contribution in [0, 0.1) is 5.21 Å². The SMILES string of the molecule is CC1CCCc2n1cc(-c1ccccc1)[n+]2[O-]. The maximum absolute atomic E-state index is 12.3. The highest BCUT2D eigenvalue weighted by atomic mass is 16.5. The van der Waals surface area contributed by atoms with E-state index in [1.165, 1.54) is 0 Å². The second-order valence-corrected chi connectivity index (χ2v) is 4.74. The van der Waals surface area contributed by atoms with E-state index < -0.39 is 0 Å². The average Bonchev–Trinajstić information content (AvgIpc) is 2.70. The number of imidazole rings is 1. The van der Waals surface area contributed by atoms with Gasteiger partial charge in [0.15, 0.2) is 5.69 Å². The van der Waals surface area contributed by atoms with E-state index in [0.717, 1.165) is 41.1 Å². The Morgan fingerprint density at radius 2 is 2.06 bits per heavy atom. The molecule has 1 aromatic carbocycles. The van der Waals surface area contributed by atoms with E-state index in [1.54, 1.807) is 0 Å². The lowest BCUT2D eigenvalue weighted by molar-refractivity contribution is -0.603. The van der Waals surface area contributed by atoms with E-state index in [1.807, 2.05) is 36.5 Å². The van der Waals surface area contributed by atoms with Crippen LogP contribution in [0.2, 0.25) is 0 Å². The van der Waals surface area contributed by atoms with Crippen LogP contribution >= 0.6 is 0 Å². The Hall–Kier alpha value is -1.77. The fourth-order valence-electron chi connectivity index (χ4n) is 2.61. The Morgan fingerprint density at radius 3 is 2.76 bits per heavy atom. The summed E-state index contributed by atoms with van der Waals surface area (Å²) < 4.78 is 3.24. The van der Waals surface area contributed by atoms with Crippen LogP contribution in [0.3, 0.4) is 0 Å². The van der Waals surface area contributed by atoms with Crippen LogP contribution in [-0.4, -0.2) is 4.57 Å². The molecule has 3 rings (SSSR count). The van der Waals surface area contributed by atoms with Crippen molar-refractivity contribution in [3.05, 3.63) is 47.6 Å². The predicted molar refractivity (Wildman–Crippen MR) is 66.5 cm³/mol. The van der Waals surface area contributed by atoms with Gasteiger partial charge in [-0.3, -0.25) is 0 Å². The minimum atomic E-state index is 0.441. The lowest BCUT2D eigenvalue weighted by Crippen LogP contribution is -2.34. The Labute approximate surface area is 101 Å². The van der Waals surface area contributed by atoms with Crippen molar-refractivity contribution in [3.8, 4) is 11.3 Å². The number of fused-ring (bicyclic) bond motifs is 1. The molecule has 1 aromatic heterocycles. The van der Waals surface area contributed by atoms with Crippen LogP contribution in [0.1, 0.15) is 31.6 Å².